The fourth-order valence-corrected chi connectivity index (χ4v) is 3.19. The number of hydrogen-bond donors (Lipinski definition) is 1. The minimum atomic E-state index is -0.569. The molecule has 2 aromatic rings. The number of tetrazole rings is 1. The normalized spacial score (nSPS) is 15.0. The average molecular weight is 391 g/mol. The summed E-state index contributed by atoms with van der Waals surface area (Å²) in [6, 6.07) is 6.53. The smallest absolute Gasteiger partial charge is 0.246 e. The molecule has 144 valence electrons. The summed E-state index contributed by atoms with van der Waals surface area (Å²) in [5.41, 5.74) is 0.775. The number of halogens is 1. The van der Waals surface area contributed by atoms with E-state index in [1.165, 1.54) is 4.80 Å². The molecule has 9 heteroatoms. The number of benzene rings is 1. The molecule has 1 aliphatic rings. The maximum atomic E-state index is 12.5. The third-order valence-electron chi connectivity index (χ3n) is 4.60. The lowest BCUT2D eigenvalue weighted by atomic mass is 10.2. The maximum absolute atomic E-state index is 12.5. The molecule has 1 unspecified atom stereocenters. The summed E-state index contributed by atoms with van der Waals surface area (Å²) in [5.74, 6) is 0.304. The lowest BCUT2D eigenvalue weighted by Crippen LogP contribution is -2.36. The van der Waals surface area contributed by atoms with Crippen molar-refractivity contribution in [2.75, 3.05) is 19.6 Å². The third kappa shape index (κ3) is 4.82. The molecule has 1 fully saturated rings. The highest BCUT2D eigenvalue weighted by molar-refractivity contribution is 6.30. The van der Waals surface area contributed by atoms with Crippen LogP contribution in [0, 0.1) is 0 Å². The molecule has 1 aromatic heterocycles. The molecule has 27 heavy (non-hydrogen) atoms. The summed E-state index contributed by atoms with van der Waals surface area (Å²) in [7, 11) is 0. The average Bonchev–Trinajstić information content (AvgIpc) is 3.35. The fourth-order valence-electron chi connectivity index (χ4n) is 3.06. The molecule has 0 spiro atoms. The Morgan fingerprint density at radius 3 is 2.59 bits per heavy atom. The van der Waals surface area contributed by atoms with Gasteiger partial charge in [0.1, 0.15) is 0 Å². The van der Waals surface area contributed by atoms with E-state index in [9.17, 15) is 9.59 Å². The van der Waals surface area contributed by atoms with Gasteiger partial charge in [0, 0.05) is 36.6 Å². The van der Waals surface area contributed by atoms with E-state index in [2.05, 4.69) is 20.7 Å². The molecule has 3 rings (SSSR count). The molecule has 1 N–H and O–H groups in total. The number of aromatic nitrogens is 4. The number of carbonyl (C=O) groups is 2. The molecule has 2 amide bonds. The van der Waals surface area contributed by atoms with Gasteiger partial charge in [0.25, 0.3) is 0 Å². The number of likely N-dealkylation sites (tertiary alicyclic amines) is 1. The number of nitrogens with zero attached hydrogens (tertiary/aromatic N) is 5. The van der Waals surface area contributed by atoms with Gasteiger partial charge in [0.2, 0.25) is 17.6 Å². The van der Waals surface area contributed by atoms with Crippen LogP contribution in [0.3, 0.4) is 0 Å². The monoisotopic (exact) mass is 390 g/mol. The number of rotatable bonds is 7. The van der Waals surface area contributed by atoms with Crippen LogP contribution in [0.2, 0.25) is 5.02 Å². The van der Waals surface area contributed by atoms with Crippen molar-refractivity contribution in [2.24, 2.45) is 0 Å². The molecular weight excluding hydrogens is 368 g/mol. The fraction of sp³-hybridized carbons (Fsp3) is 0.500. The highest BCUT2D eigenvalue weighted by Crippen LogP contribution is 2.18. The molecule has 1 atom stereocenters. The number of carbonyl (C=O) groups excluding carboxylic acids is 2. The van der Waals surface area contributed by atoms with Crippen molar-refractivity contribution in [3.8, 4) is 11.4 Å². The molecule has 0 bridgehead atoms. The second-order valence-corrected chi connectivity index (χ2v) is 6.93. The van der Waals surface area contributed by atoms with Crippen molar-refractivity contribution in [3.05, 3.63) is 29.3 Å². The second kappa shape index (κ2) is 8.94. The summed E-state index contributed by atoms with van der Waals surface area (Å²) < 4.78 is 0. The van der Waals surface area contributed by atoms with Crippen LogP contribution < -0.4 is 5.32 Å². The second-order valence-electron chi connectivity index (χ2n) is 6.49. The van der Waals surface area contributed by atoms with E-state index in [1.807, 2.05) is 11.8 Å². The van der Waals surface area contributed by atoms with Gasteiger partial charge in [0.05, 0.1) is 0 Å². The van der Waals surface area contributed by atoms with Gasteiger partial charge in [-0.15, -0.1) is 10.2 Å². The maximum Gasteiger partial charge on any atom is 0.246 e. The lowest BCUT2D eigenvalue weighted by Gasteiger charge is -2.16. The third-order valence-corrected chi connectivity index (χ3v) is 4.85. The van der Waals surface area contributed by atoms with Crippen LogP contribution in [0.1, 0.15) is 38.6 Å². The van der Waals surface area contributed by atoms with Crippen LogP contribution in [0.5, 0.6) is 0 Å². The standard InChI is InChI=1S/C18H23ClN6O2/c1-2-15(18(27)20-10-9-16(26)24-11-3-4-12-24)25-22-17(21-23-25)13-5-7-14(19)8-6-13/h5-8,15H,2-4,9-12H2,1H3,(H,20,27). The molecule has 1 aliphatic heterocycles. The zero-order valence-electron chi connectivity index (χ0n) is 15.3. The Kier molecular flexibility index (Phi) is 6.39. The van der Waals surface area contributed by atoms with Crippen LogP contribution in [0.15, 0.2) is 24.3 Å². The predicted octanol–water partition coefficient (Wildman–Crippen LogP) is 2.07. The van der Waals surface area contributed by atoms with Crippen LogP contribution in [-0.2, 0) is 9.59 Å². The highest BCUT2D eigenvalue weighted by Gasteiger charge is 2.23. The Balaban J connectivity index is 1.56. The Labute approximate surface area is 162 Å². The number of nitrogens with one attached hydrogen (secondary N) is 1. The summed E-state index contributed by atoms with van der Waals surface area (Å²) in [4.78, 5) is 27.7. The highest BCUT2D eigenvalue weighted by atomic mass is 35.5. The molecule has 0 saturated carbocycles. The van der Waals surface area contributed by atoms with E-state index in [-0.39, 0.29) is 11.8 Å². The van der Waals surface area contributed by atoms with Crippen molar-refractivity contribution in [3.63, 3.8) is 0 Å². The summed E-state index contributed by atoms with van der Waals surface area (Å²) >= 11 is 5.89. The molecule has 2 heterocycles. The van der Waals surface area contributed by atoms with Gasteiger partial charge in [-0.3, -0.25) is 9.59 Å². The summed E-state index contributed by atoms with van der Waals surface area (Å²) in [6.45, 7) is 3.83. The molecule has 1 aromatic carbocycles. The quantitative estimate of drug-likeness (QED) is 0.781. The van der Waals surface area contributed by atoms with E-state index in [1.54, 1.807) is 24.3 Å². The van der Waals surface area contributed by atoms with Gasteiger partial charge < -0.3 is 10.2 Å². The molecule has 0 radical (unpaired) electrons. The minimum absolute atomic E-state index is 0.0877. The van der Waals surface area contributed by atoms with Gasteiger partial charge in [-0.25, -0.2) is 0 Å². The van der Waals surface area contributed by atoms with Crippen LogP contribution >= 0.6 is 11.6 Å². The first-order chi connectivity index (χ1) is 13.1. The van der Waals surface area contributed by atoms with Gasteiger partial charge >= 0.3 is 0 Å². The van der Waals surface area contributed by atoms with Gasteiger partial charge in [0.15, 0.2) is 6.04 Å². The number of hydrogen-bond acceptors (Lipinski definition) is 5. The van der Waals surface area contributed by atoms with Crippen LogP contribution in [0.25, 0.3) is 11.4 Å². The molecule has 1 saturated heterocycles. The van der Waals surface area contributed by atoms with Crippen LogP contribution in [0.4, 0.5) is 0 Å². The van der Waals surface area contributed by atoms with E-state index in [0.29, 0.717) is 30.2 Å². The Morgan fingerprint density at radius 1 is 1.22 bits per heavy atom. The van der Waals surface area contributed by atoms with Gasteiger partial charge in [-0.1, -0.05) is 18.5 Å². The zero-order valence-corrected chi connectivity index (χ0v) is 16.0. The molecule has 0 aliphatic carbocycles. The predicted molar refractivity (Wildman–Crippen MR) is 101 cm³/mol. The summed E-state index contributed by atoms with van der Waals surface area (Å²) in [6.07, 6.45) is 2.94. The molecule has 8 nitrogen and oxygen atoms in total. The van der Waals surface area contributed by atoms with E-state index < -0.39 is 6.04 Å². The summed E-state index contributed by atoms with van der Waals surface area (Å²) in [5, 5.41) is 15.8. The van der Waals surface area contributed by atoms with E-state index >= 15 is 0 Å². The Morgan fingerprint density at radius 2 is 1.93 bits per heavy atom. The first-order valence-corrected chi connectivity index (χ1v) is 9.57. The first-order valence-electron chi connectivity index (χ1n) is 9.19. The topological polar surface area (TPSA) is 93.0 Å². The van der Waals surface area contributed by atoms with Gasteiger partial charge in [-0.05, 0) is 48.7 Å². The van der Waals surface area contributed by atoms with Crippen molar-refractivity contribution >= 4 is 23.4 Å². The van der Waals surface area contributed by atoms with E-state index in [0.717, 1.165) is 31.5 Å². The van der Waals surface area contributed by atoms with Crippen molar-refractivity contribution in [1.29, 1.82) is 0 Å². The van der Waals surface area contributed by atoms with Crippen LogP contribution in [-0.4, -0.2) is 56.6 Å². The molecular formula is C18H23ClN6O2. The van der Waals surface area contributed by atoms with Gasteiger partial charge in [-0.2, -0.15) is 4.80 Å². The van der Waals surface area contributed by atoms with Crippen molar-refractivity contribution in [1.82, 2.24) is 30.4 Å². The number of amides is 2. The van der Waals surface area contributed by atoms with Crippen molar-refractivity contribution < 1.29 is 9.59 Å². The first kappa shape index (κ1) is 19.3. The SMILES string of the molecule is CCC(C(=O)NCCC(=O)N1CCCC1)n1nnc(-c2ccc(Cl)cc2)n1. The van der Waals surface area contributed by atoms with Crippen molar-refractivity contribution in [2.45, 2.75) is 38.6 Å². The zero-order chi connectivity index (χ0) is 19.2. The van der Waals surface area contributed by atoms with E-state index in [4.69, 9.17) is 11.6 Å². The Hall–Kier alpha value is -2.48. The minimum Gasteiger partial charge on any atom is -0.354 e. The largest absolute Gasteiger partial charge is 0.354 e. The lowest BCUT2D eigenvalue weighted by molar-refractivity contribution is -0.130. The Bertz CT molecular complexity index is 785.